The molecule has 0 amide bonds. The number of nitrogens with zero attached hydrogens (tertiary/aromatic N) is 3. The van der Waals surface area contributed by atoms with Gasteiger partial charge in [-0.05, 0) is 30.2 Å². The lowest BCUT2D eigenvalue weighted by molar-refractivity contribution is 0.0226. The van der Waals surface area contributed by atoms with E-state index in [4.69, 9.17) is 4.74 Å². The molecule has 4 nitrogen and oxygen atoms in total. The summed E-state index contributed by atoms with van der Waals surface area (Å²) in [5, 5.41) is 0. The lowest BCUT2D eigenvalue weighted by Gasteiger charge is -2.35. The molecule has 0 aliphatic carbocycles. The molecule has 128 valence electrons. The predicted molar refractivity (Wildman–Crippen MR) is 96.6 cm³/mol. The zero-order chi connectivity index (χ0) is 16.6. The first-order valence-electron chi connectivity index (χ1n) is 8.78. The van der Waals surface area contributed by atoms with E-state index in [2.05, 4.69) is 64.2 Å². The zero-order valence-corrected chi connectivity index (χ0v) is 14.5. The van der Waals surface area contributed by atoms with Crippen LogP contribution in [0.1, 0.15) is 18.1 Å². The Hall–Kier alpha value is -1.75. The van der Waals surface area contributed by atoms with Crippen LogP contribution in [-0.4, -0.2) is 53.7 Å². The van der Waals surface area contributed by atoms with E-state index in [1.165, 1.54) is 11.1 Å². The molecule has 1 aliphatic heterocycles. The number of pyridine rings is 1. The van der Waals surface area contributed by atoms with Crippen molar-refractivity contribution in [1.82, 2.24) is 14.8 Å². The summed E-state index contributed by atoms with van der Waals surface area (Å²) in [7, 11) is 0. The second kappa shape index (κ2) is 8.92. The van der Waals surface area contributed by atoms with Crippen LogP contribution < -0.4 is 0 Å². The van der Waals surface area contributed by atoms with Crippen molar-refractivity contribution in [1.29, 1.82) is 0 Å². The molecule has 1 aromatic carbocycles. The lowest BCUT2D eigenvalue weighted by atomic mass is 10.1. The monoisotopic (exact) mass is 325 g/mol. The molecule has 24 heavy (non-hydrogen) atoms. The van der Waals surface area contributed by atoms with Crippen molar-refractivity contribution in [2.75, 3.05) is 32.8 Å². The Bertz CT molecular complexity index is 543. The molecule has 4 heteroatoms. The third-order valence-electron chi connectivity index (χ3n) is 4.61. The molecule has 1 saturated heterocycles. The number of ether oxygens (including phenoxy) is 1. The maximum atomic E-state index is 5.47. The minimum atomic E-state index is 0.483. The molecule has 0 bridgehead atoms. The fourth-order valence-electron chi connectivity index (χ4n) is 3.18. The summed E-state index contributed by atoms with van der Waals surface area (Å²) in [6.45, 7) is 9.13. The molecule has 2 heterocycles. The summed E-state index contributed by atoms with van der Waals surface area (Å²) in [4.78, 5) is 9.20. The Balaban J connectivity index is 1.67. The standard InChI is InChI=1S/C20H27N3O/c1-18(15-22-11-13-24-14-12-22)23(16-19-5-3-2-4-6-19)17-20-7-9-21-10-8-20/h2-10,18H,11-17H2,1H3/t18-/m1/s1. The molecule has 2 aromatic rings. The van der Waals surface area contributed by atoms with Gasteiger partial charge in [0.1, 0.15) is 0 Å². The maximum Gasteiger partial charge on any atom is 0.0594 e. The smallest absolute Gasteiger partial charge is 0.0594 e. The largest absolute Gasteiger partial charge is 0.379 e. The van der Waals surface area contributed by atoms with Crippen LogP contribution in [0.4, 0.5) is 0 Å². The van der Waals surface area contributed by atoms with Crippen molar-refractivity contribution in [3.63, 3.8) is 0 Å². The van der Waals surface area contributed by atoms with Crippen molar-refractivity contribution in [2.45, 2.75) is 26.1 Å². The first-order chi connectivity index (χ1) is 11.8. The molecule has 1 fully saturated rings. The highest BCUT2D eigenvalue weighted by atomic mass is 16.5. The second-order valence-electron chi connectivity index (χ2n) is 6.51. The minimum absolute atomic E-state index is 0.483. The van der Waals surface area contributed by atoms with Crippen molar-refractivity contribution in [3.05, 3.63) is 66.0 Å². The van der Waals surface area contributed by atoms with Crippen molar-refractivity contribution in [2.24, 2.45) is 0 Å². The van der Waals surface area contributed by atoms with Gasteiger partial charge in [0, 0.05) is 51.2 Å². The van der Waals surface area contributed by atoms with Gasteiger partial charge in [-0.3, -0.25) is 14.8 Å². The number of hydrogen-bond donors (Lipinski definition) is 0. The van der Waals surface area contributed by atoms with Crippen molar-refractivity contribution in [3.8, 4) is 0 Å². The van der Waals surface area contributed by atoms with Crippen LogP contribution in [0, 0.1) is 0 Å². The van der Waals surface area contributed by atoms with E-state index in [1.54, 1.807) is 0 Å². The molecule has 0 N–H and O–H groups in total. The number of rotatable bonds is 7. The van der Waals surface area contributed by atoms with Gasteiger partial charge >= 0.3 is 0 Å². The molecule has 0 saturated carbocycles. The summed E-state index contributed by atoms with van der Waals surface area (Å²) in [6, 6.07) is 15.4. The molecule has 1 aromatic heterocycles. The Morgan fingerprint density at radius 3 is 2.29 bits per heavy atom. The quantitative estimate of drug-likeness (QED) is 0.783. The third-order valence-corrected chi connectivity index (χ3v) is 4.61. The summed E-state index contributed by atoms with van der Waals surface area (Å²) in [5.74, 6) is 0. The topological polar surface area (TPSA) is 28.6 Å². The molecule has 0 unspecified atom stereocenters. The average Bonchev–Trinajstić information content (AvgIpc) is 2.64. The first-order valence-corrected chi connectivity index (χ1v) is 8.78. The normalized spacial score (nSPS) is 17.1. The average molecular weight is 325 g/mol. The van der Waals surface area contributed by atoms with Crippen LogP contribution in [0.2, 0.25) is 0 Å². The van der Waals surface area contributed by atoms with E-state index in [0.29, 0.717) is 6.04 Å². The number of benzene rings is 1. The van der Waals surface area contributed by atoms with Gasteiger partial charge < -0.3 is 4.74 Å². The highest BCUT2D eigenvalue weighted by Gasteiger charge is 2.19. The molecule has 0 radical (unpaired) electrons. The summed E-state index contributed by atoms with van der Waals surface area (Å²) >= 11 is 0. The molecular weight excluding hydrogens is 298 g/mol. The van der Waals surface area contributed by atoms with Crippen LogP contribution in [0.15, 0.2) is 54.9 Å². The molecule has 0 spiro atoms. The fraction of sp³-hybridized carbons (Fsp3) is 0.450. The van der Waals surface area contributed by atoms with E-state index >= 15 is 0 Å². The second-order valence-corrected chi connectivity index (χ2v) is 6.51. The Morgan fingerprint density at radius 2 is 1.62 bits per heavy atom. The highest BCUT2D eigenvalue weighted by molar-refractivity contribution is 5.16. The van der Waals surface area contributed by atoms with E-state index in [-0.39, 0.29) is 0 Å². The lowest BCUT2D eigenvalue weighted by Crippen LogP contribution is -2.45. The van der Waals surface area contributed by atoms with Gasteiger partial charge in [0.05, 0.1) is 13.2 Å². The van der Waals surface area contributed by atoms with Crippen LogP contribution in [0.5, 0.6) is 0 Å². The van der Waals surface area contributed by atoms with E-state index in [1.807, 2.05) is 12.4 Å². The molecule has 1 atom stereocenters. The highest BCUT2D eigenvalue weighted by Crippen LogP contribution is 2.14. The van der Waals surface area contributed by atoms with Crippen LogP contribution in [0.3, 0.4) is 0 Å². The van der Waals surface area contributed by atoms with Gasteiger partial charge in [-0.2, -0.15) is 0 Å². The molecule has 3 rings (SSSR count). The zero-order valence-electron chi connectivity index (χ0n) is 14.5. The van der Waals surface area contributed by atoms with Gasteiger partial charge in [0.25, 0.3) is 0 Å². The predicted octanol–water partition coefficient (Wildman–Crippen LogP) is 2.80. The van der Waals surface area contributed by atoms with Crippen LogP contribution in [-0.2, 0) is 17.8 Å². The van der Waals surface area contributed by atoms with E-state index < -0.39 is 0 Å². The van der Waals surface area contributed by atoms with Gasteiger partial charge in [0.2, 0.25) is 0 Å². The summed E-state index contributed by atoms with van der Waals surface area (Å²) in [5.41, 5.74) is 2.68. The molecule has 1 aliphatic rings. The van der Waals surface area contributed by atoms with Crippen molar-refractivity contribution < 1.29 is 4.74 Å². The van der Waals surface area contributed by atoms with E-state index in [0.717, 1.165) is 45.9 Å². The SMILES string of the molecule is C[C@H](CN1CCOCC1)N(Cc1ccccc1)Cc1ccncc1. The van der Waals surface area contributed by atoms with Gasteiger partial charge in [-0.15, -0.1) is 0 Å². The van der Waals surface area contributed by atoms with Gasteiger partial charge in [0.15, 0.2) is 0 Å². The first kappa shape index (κ1) is 17.1. The number of aromatic nitrogens is 1. The Labute approximate surface area is 145 Å². The number of morpholine rings is 1. The minimum Gasteiger partial charge on any atom is -0.379 e. The Kier molecular flexibility index (Phi) is 6.35. The Morgan fingerprint density at radius 1 is 1.00 bits per heavy atom. The fourth-order valence-corrected chi connectivity index (χ4v) is 3.18. The van der Waals surface area contributed by atoms with Crippen molar-refractivity contribution >= 4 is 0 Å². The maximum absolute atomic E-state index is 5.47. The third kappa shape index (κ3) is 5.13. The van der Waals surface area contributed by atoms with Gasteiger partial charge in [-0.1, -0.05) is 30.3 Å². The number of hydrogen-bond acceptors (Lipinski definition) is 4. The van der Waals surface area contributed by atoms with E-state index in [9.17, 15) is 0 Å². The van der Waals surface area contributed by atoms with Crippen LogP contribution >= 0.6 is 0 Å². The summed E-state index contributed by atoms with van der Waals surface area (Å²) in [6.07, 6.45) is 3.76. The molecular formula is C20H27N3O. The van der Waals surface area contributed by atoms with Crippen LogP contribution in [0.25, 0.3) is 0 Å². The summed E-state index contributed by atoms with van der Waals surface area (Å²) < 4.78 is 5.47. The van der Waals surface area contributed by atoms with Gasteiger partial charge in [-0.25, -0.2) is 0 Å².